The van der Waals surface area contributed by atoms with Gasteiger partial charge in [-0.2, -0.15) is 0 Å². The number of ether oxygens (including phenoxy) is 2. The van der Waals surface area contributed by atoms with Crippen LogP contribution in [0.4, 0.5) is 0 Å². The molecule has 0 bridgehead atoms. The molecule has 0 spiro atoms. The molecule has 11 heavy (non-hydrogen) atoms. The molecule has 1 aliphatic heterocycles. The highest BCUT2D eigenvalue weighted by molar-refractivity contribution is 7.08. The summed E-state index contributed by atoms with van der Waals surface area (Å²) in [4.78, 5) is 0. The van der Waals surface area contributed by atoms with Gasteiger partial charge in [0.15, 0.2) is 11.5 Å². The van der Waals surface area contributed by atoms with Gasteiger partial charge in [-0.3, -0.25) is 0 Å². The Morgan fingerprint density at radius 2 is 2.36 bits per heavy atom. The van der Waals surface area contributed by atoms with Gasteiger partial charge in [0.1, 0.15) is 12.7 Å². The second kappa shape index (κ2) is 2.71. The van der Waals surface area contributed by atoms with Crippen molar-refractivity contribution in [3.05, 3.63) is 16.5 Å². The molecule has 1 aromatic heterocycles. The Labute approximate surface area is 68.7 Å². The summed E-state index contributed by atoms with van der Waals surface area (Å²) in [5.74, 6) is 1.61. The Bertz CT molecular complexity index is 248. The molecule has 0 amide bonds. The number of rotatable bonds is 1. The Balaban J connectivity index is 2.18. The molecule has 3 nitrogen and oxygen atoms in total. The zero-order valence-electron chi connectivity index (χ0n) is 5.87. The molecule has 60 valence electrons. The van der Waals surface area contributed by atoms with Crippen LogP contribution in [-0.4, -0.2) is 19.3 Å². The van der Waals surface area contributed by atoms with Gasteiger partial charge in [-0.1, -0.05) is 0 Å². The summed E-state index contributed by atoms with van der Waals surface area (Å²) in [7, 11) is 0. The molecule has 4 heteroatoms. The van der Waals surface area contributed by atoms with Crippen LogP contribution in [0.3, 0.4) is 0 Å². The van der Waals surface area contributed by atoms with E-state index in [0.717, 1.165) is 11.5 Å². The standard InChI is InChI=1S/C7H8NO2S/c8-1-5-2-9-6-3-11-4-7(6)10-5/h3-5,8H,1-2H2/q-1. The molecule has 1 aromatic rings. The van der Waals surface area contributed by atoms with Gasteiger partial charge >= 0.3 is 0 Å². The first kappa shape index (κ1) is 6.94. The van der Waals surface area contributed by atoms with Crippen molar-refractivity contribution in [2.75, 3.05) is 13.2 Å². The molecule has 2 heterocycles. The Morgan fingerprint density at radius 3 is 3.18 bits per heavy atom. The number of hydrogen-bond acceptors (Lipinski definition) is 3. The van der Waals surface area contributed by atoms with Crippen molar-refractivity contribution in [2.24, 2.45) is 0 Å². The van der Waals surface area contributed by atoms with Gasteiger partial charge in [-0.25, -0.2) is 0 Å². The van der Waals surface area contributed by atoms with Crippen LogP contribution in [0.15, 0.2) is 10.8 Å². The zero-order chi connectivity index (χ0) is 7.68. The highest BCUT2D eigenvalue weighted by atomic mass is 32.1. The molecular formula is C7H8NO2S-. The first-order chi connectivity index (χ1) is 5.40. The fourth-order valence-corrected chi connectivity index (χ4v) is 1.63. The lowest BCUT2D eigenvalue weighted by Crippen LogP contribution is -2.30. The summed E-state index contributed by atoms with van der Waals surface area (Å²) in [5, 5.41) is 3.81. The van der Waals surface area contributed by atoms with Crippen molar-refractivity contribution in [1.29, 1.82) is 0 Å². The molecule has 1 N–H and O–H groups in total. The van der Waals surface area contributed by atoms with Gasteiger partial charge in [0.2, 0.25) is 0 Å². The maximum atomic E-state index is 7.09. The topological polar surface area (TPSA) is 42.3 Å². The SMILES string of the molecule is [NH-]CC1COc2cscc2O1. The minimum atomic E-state index is -0.0860. The summed E-state index contributed by atoms with van der Waals surface area (Å²) in [5.41, 5.74) is 7.09. The van der Waals surface area contributed by atoms with E-state index >= 15 is 0 Å². The Kier molecular flexibility index (Phi) is 1.71. The van der Waals surface area contributed by atoms with Gasteiger partial charge in [0.05, 0.1) is 0 Å². The van der Waals surface area contributed by atoms with E-state index < -0.39 is 0 Å². The predicted octanol–water partition coefficient (Wildman–Crippen LogP) is 1.94. The molecule has 0 aromatic carbocycles. The second-order valence-electron chi connectivity index (χ2n) is 2.36. The quantitative estimate of drug-likeness (QED) is 0.646. The highest BCUT2D eigenvalue weighted by Crippen LogP contribution is 2.35. The third-order valence-corrected chi connectivity index (χ3v) is 2.24. The van der Waals surface area contributed by atoms with Gasteiger partial charge in [0.25, 0.3) is 0 Å². The van der Waals surface area contributed by atoms with E-state index in [2.05, 4.69) is 0 Å². The monoisotopic (exact) mass is 170 g/mol. The van der Waals surface area contributed by atoms with Crippen LogP contribution < -0.4 is 9.47 Å². The minimum Gasteiger partial charge on any atom is -0.674 e. The number of thiophene rings is 1. The van der Waals surface area contributed by atoms with E-state index in [9.17, 15) is 0 Å². The van der Waals surface area contributed by atoms with E-state index in [1.54, 1.807) is 11.3 Å². The molecule has 2 rings (SSSR count). The lowest BCUT2D eigenvalue weighted by atomic mass is 10.3. The highest BCUT2D eigenvalue weighted by Gasteiger charge is 2.17. The van der Waals surface area contributed by atoms with Crippen LogP contribution >= 0.6 is 11.3 Å². The van der Waals surface area contributed by atoms with Crippen molar-refractivity contribution in [3.63, 3.8) is 0 Å². The maximum absolute atomic E-state index is 7.09. The fourth-order valence-electron chi connectivity index (χ4n) is 0.962. The van der Waals surface area contributed by atoms with E-state index in [4.69, 9.17) is 15.2 Å². The van der Waals surface area contributed by atoms with Crippen molar-refractivity contribution < 1.29 is 9.47 Å². The number of hydrogen-bond donors (Lipinski definition) is 0. The summed E-state index contributed by atoms with van der Waals surface area (Å²) in [6.07, 6.45) is -0.0860. The predicted molar refractivity (Wildman–Crippen MR) is 43.4 cm³/mol. The Morgan fingerprint density at radius 1 is 1.55 bits per heavy atom. The molecule has 0 saturated heterocycles. The van der Waals surface area contributed by atoms with Gasteiger partial charge in [0, 0.05) is 10.8 Å². The van der Waals surface area contributed by atoms with E-state index in [-0.39, 0.29) is 12.6 Å². The average molecular weight is 170 g/mol. The average Bonchev–Trinajstić information content (AvgIpc) is 2.50. The van der Waals surface area contributed by atoms with Crippen LogP contribution in [0, 0.1) is 0 Å². The van der Waals surface area contributed by atoms with Crippen molar-refractivity contribution in [2.45, 2.75) is 6.10 Å². The normalized spacial score (nSPS) is 21.7. The fraction of sp³-hybridized carbons (Fsp3) is 0.429. The van der Waals surface area contributed by atoms with Gasteiger partial charge in [-0.15, -0.1) is 17.9 Å². The zero-order valence-corrected chi connectivity index (χ0v) is 6.69. The van der Waals surface area contributed by atoms with Gasteiger partial charge in [-0.05, 0) is 0 Å². The second-order valence-corrected chi connectivity index (χ2v) is 3.10. The van der Waals surface area contributed by atoms with E-state index in [1.807, 2.05) is 10.8 Å². The molecule has 1 aliphatic rings. The minimum absolute atomic E-state index is 0.0860. The Hall–Kier alpha value is -0.740. The molecule has 0 saturated carbocycles. The summed E-state index contributed by atoms with van der Waals surface area (Å²) in [6.45, 7) is 0.766. The smallest absolute Gasteiger partial charge is 0.172 e. The van der Waals surface area contributed by atoms with Crippen LogP contribution in [0.1, 0.15) is 0 Å². The third kappa shape index (κ3) is 1.19. The van der Waals surface area contributed by atoms with Crippen molar-refractivity contribution in [3.8, 4) is 11.5 Å². The number of nitrogens with one attached hydrogen (secondary N) is 1. The lowest BCUT2D eigenvalue weighted by molar-refractivity contribution is 0.104. The lowest BCUT2D eigenvalue weighted by Gasteiger charge is -2.25. The van der Waals surface area contributed by atoms with E-state index in [0.29, 0.717) is 6.61 Å². The molecule has 0 fully saturated rings. The summed E-state index contributed by atoms with van der Waals surface area (Å²) >= 11 is 1.56. The van der Waals surface area contributed by atoms with Gasteiger partial charge < -0.3 is 15.2 Å². The van der Waals surface area contributed by atoms with Crippen molar-refractivity contribution in [1.82, 2.24) is 0 Å². The van der Waals surface area contributed by atoms with Crippen LogP contribution in [0.5, 0.6) is 11.5 Å². The van der Waals surface area contributed by atoms with Crippen LogP contribution in [-0.2, 0) is 0 Å². The first-order valence-corrected chi connectivity index (χ1v) is 4.34. The number of fused-ring (bicyclic) bond motifs is 1. The van der Waals surface area contributed by atoms with E-state index in [1.165, 1.54) is 0 Å². The summed E-state index contributed by atoms with van der Waals surface area (Å²) in [6, 6.07) is 0. The first-order valence-electron chi connectivity index (χ1n) is 3.40. The summed E-state index contributed by atoms with van der Waals surface area (Å²) < 4.78 is 10.8. The van der Waals surface area contributed by atoms with Crippen LogP contribution in [0.2, 0.25) is 0 Å². The molecule has 1 atom stereocenters. The largest absolute Gasteiger partial charge is 0.674 e. The molecule has 1 unspecified atom stereocenters. The third-order valence-electron chi connectivity index (χ3n) is 1.54. The molecular weight excluding hydrogens is 162 g/mol. The maximum Gasteiger partial charge on any atom is 0.172 e. The van der Waals surface area contributed by atoms with Crippen molar-refractivity contribution >= 4 is 11.3 Å². The molecule has 0 radical (unpaired) electrons. The molecule has 0 aliphatic carbocycles. The van der Waals surface area contributed by atoms with Crippen LogP contribution in [0.25, 0.3) is 5.73 Å².